The lowest BCUT2D eigenvalue weighted by Gasteiger charge is -2.09. The number of allylic oxidation sites excluding steroid dienone is 1. The third-order valence-corrected chi connectivity index (χ3v) is 1.16. The number of carbonyl (C=O) groups is 1. The minimum absolute atomic E-state index is 0.563. The van der Waals surface area contributed by atoms with E-state index in [4.69, 9.17) is 0 Å². The number of ketones is 1. The van der Waals surface area contributed by atoms with Gasteiger partial charge in [-0.25, -0.2) is 0 Å². The Kier molecular flexibility index (Phi) is 1.80. The molecule has 1 aliphatic heterocycles. The summed E-state index contributed by atoms with van der Waals surface area (Å²) < 4.78 is 35.4. The maximum atomic E-state index is 11.8. The molecule has 0 amide bonds. The molecule has 0 unspecified atom stereocenters. The van der Waals surface area contributed by atoms with Gasteiger partial charge < -0.3 is 0 Å². The molecule has 0 saturated heterocycles. The van der Waals surface area contributed by atoms with Crippen LogP contribution in [-0.2, 0) is 4.79 Å². The van der Waals surface area contributed by atoms with Crippen molar-refractivity contribution in [3.63, 3.8) is 0 Å². The van der Waals surface area contributed by atoms with Crippen LogP contribution >= 0.6 is 0 Å². The minimum atomic E-state index is -4.47. The molecule has 0 spiro atoms. The van der Waals surface area contributed by atoms with E-state index < -0.39 is 24.1 Å². The molecule has 1 aliphatic rings. The molecule has 0 bridgehead atoms. The first kappa shape index (κ1) is 7.97. The van der Waals surface area contributed by atoms with Crippen molar-refractivity contribution in [3.8, 4) is 0 Å². The Balaban J connectivity index is 2.83. The Hall–Kier alpha value is -1.13. The van der Waals surface area contributed by atoms with E-state index in [-0.39, 0.29) is 0 Å². The molecule has 60 valence electrons. The largest absolute Gasteiger partial charge is 0.429 e. The second-order valence-electron chi connectivity index (χ2n) is 2.03. The van der Waals surface area contributed by atoms with Crippen molar-refractivity contribution in [1.82, 2.24) is 0 Å². The Morgan fingerprint density at radius 2 is 2.09 bits per heavy atom. The molecule has 0 fully saturated rings. The molecule has 0 aromatic carbocycles. The zero-order valence-electron chi connectivity index (χ0n) is 5.35. The standard InChI is InChI=1S/C6H4F3NO/c7-6(8,9)5-3-4(11)1-2-10-5/h1-2H,3H2. The number of halogens is 3. The number of alkyl halides is 3. The van der Waals surface area contributed by atoms with Crippen molar-refractivity contribution in [2.75, 3.05) is 0 Å². The van der Waals surface area contributed by atoms with Crippen LogP contribution in [0.3, 0.4) is 0 Å². The van der Waals surface area contributed by atoms with Crippen molar-refractivity contribution in [3.05, 3.63) is 12.3 Å². The van der Waals surface area contributed by atoms with Gasteiger partial charge >= 0.3 is 6.18 Å². The summed E-state index contributed by atoms with van der Waals surface area (Å²) in [6.45, 7) is 0. The van der Waals surface area contributed by atoms with Gasteiger partial charge in [-0.2, -0.15) is 13.2 Å². The molecule has 0 aromatic rings. The smallest absolute Gasteiger partial charge is 0.294 e. The van der Waals surface area contributed by atoms with Crippen LogP contribution in [0.1, 0.15) is 6.42 Å². The predicted molar refractivity (Wildman–Crippen MR) is 32.3 cm³/mol. The van der Waals surface area contributed by atoms with Crippen molar-refractivity contribution in [2.24, 2.45) is 4.99 Å². The molecule has 0 radical (unpaired) electrons. The van der Waals surface area contributed by atoms with Crippen molar-refractivity contribution >= 4 is 11.5 Å². The Bertz CT molecular complexity index is 239. The molecule has 0 N–H and O–H groups in total. The van der Waals surface area contributed by atoms with Crippen molar-refractivity contribution < 1.29 is 18.0 Å². The van der Waals surface area contributed by atoms with Gasteiger partial charge in [0.05, 0.1) is 6.42 Å². The number of rotatable bonds is 0. The molecular formula is C6H4F3NO. The van der Waals surface area contributed by atoms with E-state index in [9.17, 15) is 18.0 Å². The van der Waals surface area contributed by atoms with E-state index in [1.54, 1.807) is 0 Å². The maximum Gasteiger partial charge on any atom is 0.429 e. The van der Waals surface area contributed by atoms with Crippen LogP contribution in [0.15, 0.2) is 17.3 Å². The fourth-order valence-corrected chi connectivity index (χ4v) is 0.653. The number of hydrogen-bond donors (Lipinski definition) is 0. The van der Waals surface area contributed by atoms with E-state index >= 15 is 0 Å². The summed E-state index contributed by atoms with van der Waals surface area (Å²) in [4.78, 5) is 13.5. The van der Waals surface area contributed by atoms with Gasteiger partial charge in [0, 0.05) is 6.20 Å². The van der Waals surface area contributed by atoms with E-state index in [0.717, 1.165) is 12.3 Å². The van der Waals surface area contributed by atoms with E-state index in [2.05, 4.69) is 4.99 Å². The van der Waals surface area contributed by atoms with Gasteiger partial charge in [-0.15, -0.1) is 0 Å². The van der Waals surface area contributed by atoms with Crippen LogP contribution in [0.25, 0.3) is 0 Å². The van der Waals surface area contributed by atoms with Gasteiger partial charge in [0.15, 0.2) is 5.78 Å². The first-order valence-electron chi connectivity index (χ1n) is 2.83. The number of aliphatic imine (C=N–C) groups is 1. The molecule has 5 heteroatoms. The van der Waals surface area contributed by atoms with Gasteiger partial charge in [-0.3, -0.25) is 9.79 Å². The summed E-state index contributed by atoms with van der Waals surface area (Å²) in [6.07, 6.45) is -3.22. The first-order valence-corrected chi connectivity index (χ1v) is 2.83. The highest BCUT2D eigenvalue weighted by atomic mass is 19.4. The van der Waals surface area contributed by atoms with Crippen LogP contribution in [0.2, 0.25) is 0 Å². The van der Waals surface area contributed by atoms with Crippen molar-refractivity contribution in [1.29, 1.82) is 0 Å². The van der Waals surface area contributed by atoms with E-state index in [0.29, 0.717) is 0 Å². The highest BCUT2D eigenvalue weighted by molar-refractivity contribution is 6.10. The molecule has 0 saturated carbocycles. The van der Waals surface area contributed by atoms with Crippen LogP contribution < -0.4 is 0 Å². The molecule has 1 rings (SSSR count). The Morgan fingerprint density at radius 1 is 1.45 bits per heavy atom. The first-order chi connectivity index (χ1) is 5.00. The highest BCUT2D eigenvalue weighted by Crippen LogP contribution is 2.21. The average Bonchev–Trinajstić information content (AvgIpc) is 1.86. The quantitative estimate of drug-likeness (QED) is 0.531. The number of hydrogen-bond acceptors (Lipinski definition) is 2. The van der Waals surface area contributed by atoms with Gasteiger partial charge in [0.25, 0.3) is 0 Å². The van der Waals surface area contributed by atoms with Gasteiger partial charge in [-0.1, -0.05) is 0 Å². The molecule has 1 heterocycles. The van der Waals surface area contributed by atoms with Crippen LogP contribution in [0, 0.1) is 0 Å². The average molecular weight is 163 g/mol. The predicted octanol–water partition coefficient (Wildman–Crippen LogP) is 1.48. The van der Waals surface area contributed by atoms with Crippen LogP contribution in [-0.4, -0.2) is 17.7 Å². The summed E-state index contributed by atoms with van der Waals surface area (Å²) >= 11 is 0. The van der Waals surface area contributed by atoms with Gasteiger partial charge in [0.1, 0.15) is 5.71 Å². The summed E-state index contributed by atoms with van der Waals surface area (Å²) in [5.41, 5.74) is -1.02. The Labute approximate surface area is 60.4 Å². The molecule has 11 heavy (non-hydrogen) atoms. The molecule has 0 atom stereocenters. The molecular weight excluding hydrogens is 159 g/mol. The lowest BCUT2D eigenvalue weighted by molar-refractivity contribution is -0.114. The topological polar surface area (TPSA) is 29.4 Å². The van der Waals surface area contributed by atoms with Gasteiger partial charge in [-0.05, 0) is 6.08 Å². The molecule has 0 aliphatic carbocycles. The normalized spacial score (nSPS) is 18.5. The number of nitrogens with zero attached hydrogens (tertiary/aromatic N) is 1. The Morgan fingerprint density at radius 3 is 2.45 bits per heavy atom. The third-order valence-electron chi connectivity index (χ3n) is 1.16. The minimum Gasteiger partial charge on any atom is -0.294 e. The number of carbonyl (C=O) groups excluding carboxylic acids is 1. The fourth-order valence-electron chi connectivity index (χ4n) is 0.653. The SMILES string of the molecule is O=C1C=CN=C(C(F)(F)F)C1. The van der Waals surface area contributed by atoms with E-state index in [1.165, 1.54) is 0 Å². The van der Waals surface area contributed by atoms with Crippen LogP contribution in [0.5, 0.6) is 0 Å². The lowest BCUT2D eigenvalue weighted by Crippen LogP contribution is -2.26. The monoisotopic (exact) mass is 163 g/mol. The molecule has 0 aromatic heterocycles. The summed E-state index contributed by atoms with van der Waals surface area (Å²) in [5.74, 6) is -0.563. The molecule has 2 nitrogen and oxygen atoms in total. The van der Waals surface area contributed by atoms with E-state index in [1.807, 2.05) is 0 Å². The lowest BCUT2D eigenvalue weighted by atomic mass is 10.1. The summed E-state index contributed by atoms with van der Waals surface area (Å²) in [7, 11) is 0. The second-order valence-corrected chi connectivity index (χ2v) is 2.03. The fraction of sp³-hybridized carbons (Fsp3) is 0.333. The zero-order valence-corrected chi connectivity index (χ0v) is 5.35. The summed E-state index contributed by atoms with van der Waals surface area (Å²) in [5, 5.41) is 0. The van der Waals surface area contributed by atoms with Crippen molar-refractivity contribution in [2.45, 2.75) is 12.6 Å². The summed E-state index contributed by atoms with van der Waals surface area (Å²) in [6, 6.07) is 0. The maximum absolute atomic E-state index is 11.8. The van der Waals surface area contributed by atoms with Gasteiger partial charge in [0.2, 0.25) is 0 Å². The third kappa shape index (κ3) is 1.89. The highest BCUT2D eigenvalue weighted by Gasteiger charge is 2.36. The zero-order chi connectivity index (χ0) is 8.48. The van der Waals surface area contributed by atoms with Crippen LogP contribution in [0.4, 0.5) is 13.2 Å². The second kappa shape index (κ2) is 2.48.